The molecule has 2 atom stereocenters. The second-order valence-electron chi connectivity index (χ2n) is 9.13. The molecule has 3 aromatic rings. The topological polar surface area (TPSA) is 130 Å². The van der Waals surface area contributed by atoms with Gasteiger partial charge in [0.05, 0.1) is 34.2 Å². The Bertz CT molecular complexity index is 1350. The van der Waals surface area contributed by atoms with Crippen LogP contribution in [0, 0.1) is 28.6 Å². The average molecular weight is 475 g/mol. The van der Waals surface area contributed by atoms with Crippen LogP contribution in [0.5, 0.6) is 0 Å². The van der Waals surface area contributed by atoms with Crippen molar-refractivity contribution in [1.82, 2.24) is 24.9 Å². The highest BCUT2D eigenvalue weighted by atomic mass is 35.5. The van der Waals surface area contributed by atoms with Crippen molar-refractivity contribution < 1.29 is 0 Å². The molecule has 2 unspecified atom stereocenters. The second kappa shape index (κ2) is 8.32. The Morgan fingerprint density at radius 1 is 1.15 bits per heavy atom. The van der Waals surface area contributed by atoms with Gasteiger partial charge in [-0.2, -0.15) is 20.0 Å². The average Bonchev–Trinajstić information content (AvgIpc) is 3.37. The van der Waals surface area contributed by atoms with Gasteiger partial charge in [0.1, 0.15) is 6.07 Å². The molecule has 10 nitrogen and oxygen atoms in total. The number of hydrogen-bond donors (Lipinski definition) is 3. The van der Waals surface area contributed by atoms with Gasteiger partial charge in [0.2, 0.25) is 5.95 Å². The van der Waals surface area contributed by atoms with Crippen LogP contribution in [0.1, 0.15) is 36.9 Å². The molecule has 3 N–H and O–H groups in total. The number of fused-ring (bicyclic) bond motifs is 2. The predicted octanol–water partition coefficient (Wildman–Crippen LogP) is 3.03. The first-order chi connectivity index (χ1) is 16.6. The lowest BCUT2D eigenvalue weighted by Gasteiger charge is -2.37. The number of nitrogens with one attached hydrogen (secondary N) is 3. The molecule has 4 heterocycles. The Hall–Kier alpha value is -3.60. The first-order valence-corrected chi connectivity index (χ1v) is 11.9. The summed E-state index contributed by atoms with van der Waals surface area (Å²) in [6.45, 7) is 2.81. The highest BCUT2D eigenvalue weighted by Gasteiger charge is 2.33. The van der Waals surface area contributed by atoms with Crippen molar-refractivity contribution in [2.75, 3.05) is 35.2 Å². The number of anilines is 4. The Balaban J connectivity index is 1.37. The standard InChI is InChI=1S/C23H23ClN10/c24-20-17(7-13(9-25)8-19(20)33-6-4-14-3-5-27-18(14)12-33)30-23-31-21(29-15-1-2-15)22-28-11-16(10-26)34(22)32-23/h7-8,11,14-15,18,27H,1-6,12H2,(H2,29,30,31,32). The summed E-state index contributed by atoms with van der Waals surface area (Å²) in [5.74, 6) is 1.53. The van der Waals surface area contributed by atoms with Crippen LogP contribution in [0.4, 0.5) is 23.1 Å². The molecule has 1 aliphatic carbocycles. The van der Waals surface area contributed by atoms with Gasteiger partial charge >= 0.3 is 0 Å². The van der Waals surface area contributed by atoms with Crippen LogP contribution in [0.3, 0.4) is 0 Å². The quantitative estimate of drug-likeness (QED) is 0.510. The van der Waals surface area contributed by atoms with E-state index in [1.807, 2.05) is 6.07 Å². The van der Waals surface area contributed by atoms with Gasteiger partial charge in [-0.3, -0.25) is 0 Å². The van der Waals surface area contributed by atoms with Crippen LogP contribution in [-0.4, -0.2) is 51.3 Å². The molecule has 3 aliphatic rings. The highest BCUT2D eigenvalue weighted by Crippen LogP contribution is 2.38. The summed E-state index contributed by atoms with van der Waals surface area (Å²) in [5, 5.41) is 34.3. The summed E-state index contributed by atoms with van der Waals surface area (Å²) in [6, 6.07) is 8.69. The van der Waals surface area contributed by atoms with E-state index in [0.29, 0.717) is 51.4 Å². The van der Waals surface area contributed by atoms with Crippen molar-refractivity contribution >= 4 is 40.4 Å². The van der Waals surface area contributed by atoms with Gasteiger partial charge in [-0.15, -0.1) is 5.10 Å². The largest absolute Gasteiger partial charge is 0.369 e. The lowest BCUT2D eigenvalue weighted by molar-refractivity contribution is 0.374. The van der Waals surface area contributed by atoms with Crippen LogP contribution in [0.2, 0.25) is 5.02 Å². The molecule has 2 aromatic heterocycles. The van der Waals surface area contributed by atoms with E-state index in [1.165, 1.54) is 17.1 Å². The SMILES string of the molecule is N#Cc1cc(Nc2nc(NC3CC3)c3ncc(C#N)n3n2)c(Cl)c(N2CCC3CCNC3C2)c1. The van der Waals surface area contributed by atoms with Crippen LogP contribution < -0.4 is 20.9 Å². The maximum Gasteiger partial charge on any atom is 0.247 e. The molecule has 172 valence electrons. The maximum absolute atomic E-state index is 9.68. The number of nitriles is 2. The maximum atomic E-state index is 9.68. The summed E-state index contributed by atoms with van der Waals surface area (Å²) in [5.41, 5.74) is 2.68. The highest BCUT2D eigenvalue weighted by molar-refractivity contribution is 6.36. The van der Waals surface area contributed by atoms with E-state index in [0.717, 1.165) is 44.6 Å². The number of hydrogen-bond acceptors (Lipinski definition) is 9. The number of imidazole rings is 1. The third-order valence-corrected chi connectivity index (χ3v) is 7.24. The molecule has 1 saturated carbocycles. The zero-order valence-corrected chi connectivity index (χ0v) is 19.2. The summed E-state index contributed by atoms with van der Waals surface area (Å²) in [7, 11) is 0. The van der Waals surface area contributed by atoms with Crippen molar-refractivity contribution in [1.29, 1.82) is 10.5 Å². The van der Waals surface area contributed by atoms with E-state index in [9.17, 15) is 10.5 Å². The first kappa shape index (κ1) is 21.0. The Kier molecular flexibility index (Phi) is 5.13. The van der Waals surface area contributed by atoms with Gasteiger partial charge in [0.25, 0.3) is 0 Å². The Labute approximate surface area is 201 Å². The fourth-order valence-electron chi connectivity index (χ4n) is 4.89. The fraction of sp³-hybridized carbons (Fsp3) is 0.435. The van der Waals surface area contributed by atoms with Crippen molar-refractivity contribution in [3.8, 4) is 12.1 Å². The van der Waals surface area contributed by atoms with E-state index < -0.39 is 0 Å². The van der Waals surface area contributed by atoms with E-state index in [2.05, 4.69) is 48.1 Å². The van der Waals surface area contributed by atoms with E-state index in [1.54, 1.807) is 6.07 Å². The van der Waals surface area contributed by atoms with Crippen LogP contribution >= 0.6 is 11.6 Å². The van der Waals surface area contributed by atoms with Crippen LogP contribution in [0.15, 0.2) is 18.3 Å². The van der Waals surface area contributed by atoms with E-state index in [-0.39, 0.29) is 5.95 Å². The molecule has 2 saturated heterocycles. The van der Waals surface area contributed by atoms with Gasteiger partial charge in [-0.1, -0.05) is 11.6 Å². The molecule has 1 aromatic carbocycles. The van der Waals surface area contributed by atoms with Gasteiger partial charge in [-0.25, -0.2) is 4.98 Å². The molecule has 11 heteroatoms. The third kappa shape index (κ3) is 3.75. The molecular weight excluding hydrogens is 452 g/mol. The van der Waals surface area contributed by atoms with Crippen molar-refractivity contribution in [3.05, 3.63) is 34.6 Å². The van der Waals surface area contributed by atoms with Crippen molar-refractivity contribution in [2.24, 2.45) is 5.92 Å². The van der Waals surface area contributed by atoms with Gasteiger partial charge in [0.15, 0.2) is 17.2 Å². The van der Waals surface area contributed by atoms with Gasteiger partial charge in [0, 0.05) is 25.2 Å². The lowest BCUT2D eigenvalue weighted by Crippen LogP contribution is -2.46. The summed E-state index contributed by atoms with van der Waals surface area (Å²) >= 11 is 6.88. The summed E-state index contributed by atoms with van der Waals surface area (Å²) in [6.07, 6.45) is 5.93. The molecule has 2 aliphatic heterocycles. The molecule has 0 amide bonds. The third-order valence-electron chi connectivity index (χ3n) is 6.84. The van der Waals surface area contributed by atoms with Gasteiger partial charge in [-0.05, 0) is 50.3 Å². The van der Waals surface area contributed by atoms with Crippen molar-refractivity contribution in [3.63, 3.8) is 0 Å². The number of nitrogens with zero attached hydrogens (tertiary/aromatic N) is 7. The minimum atomic E-state index is 0.268. The smallest absolute Gasteiger partial charge is 0.247 e. The minimum absolute atomic E-state index is 0.268. The number of benzene rings is 1. The molecule has 6 rings (SSSR count). The fourth-order valence-corrected chi connectivity index (χ4v) is 5.17. The molecule has 3 fully saturated rings. The normalized spacial score (nSPS) is 21.7. The first-order valence-electron chi connectivity index (χ1n) is 11.5. The zero-order valence-electron chi connectivity index (χ0n) is 18.4. The summed E-state index contributed by atoms with van der Waals surface area (Å²) < 4.78 is 1.47. The Morgan fingerprint density at radius 2 is 2.03 bits per heavy atom. The molecular formula is C23H23ClN10. The number of rotatable bonds is 5. The van der Waals surface area contributed by atoms with Crippen LogP contribution in [0.25, 0.3) is 5.65 Å². The number of piperidine rings is 1. The molecule has 0 radical (unpaired) electrons. The second-order valence-corrected chi connectivity index (χ2v) is 9.51. The lowest BCUT2D eigenvalue weighted by atomic mass is 9.92. The summed E-state index contributed by atoms with van der Waals surface area (Å²) in [4.78, 5) is 11.2. The minimum Gasteiger partial charge on any atom is -0.369 e. The molecule has 0 spiro atoms. The zero-order chi connectivity index (χ0) is 23.2. The number of aromatic nitrogens is 4. The molecule has 34 heavy (non-hydrogen) atoms. The van der Waals surface area contributed by atoms with Crippen molar-refractivity contribution in [2.45, 2.75) is 37.8 Å². The predicted molar refractivity (Wildman–Crippen MR) is 128 cm³/mol. The molecule has 0 bridgehead atoms. The van der Waals surface area contributed by atoms with E-state index in [4.69, 9.17) is 11.6 Å². The van der Waals surface area contributed by atoms with Gasteiger partial charge < -0.3 is 20.9 Å². The Morgan fingerprint density at radius 3 is 2.82 bits per heavy atom. The van der Waals surface area contributed by atoms with Crippen LogP contribution in [-0.2, 0) is 0 Å². The number of halogens is 1. The monoisotopic (exact) mass is 474 g/mol. The van der Waals surface area contributed by atoms with E-state index >= 15 is 0 Å².